The number of furan rings is 1. The van der Waals surface area contributed by atoms with Gasteiger partial charge in [0.15, 0.2) is 5.76 Å². The van der Waals surface area contributed by atoms with Crippen LogP contribution in [-0.2, 0) is 0 Å². The van der Waals surface area contributed by atoms with Crippen molar-refractivity contribution in [3.05, 3.63) is 23.2 Å². The van der Waals surface area contributed by atoms with E-state index in [1.54, 1.807) is 0 Å². The summed E-state index contributed by atoms with van der Waals surface area (Å²) >= 11 is 0. The lowest BCUT2D eigenvalue weighted by Gasteiger charge is -2.15. The van der Waals surface area contributed by atoms with Crippen molar-refractivity contribution in [1.82, 2.24) is 10.2 Å². The minimum Gasteiger partial charge on any atom is -0.456 e. The van der Waals surface area contributed by atoms with Gasteiger partial charge in [0.2, 0.25) is 0 Å². The van der Waals surface area contributed by atoms with Crippen LogP contribution in [-0.4, -0.2) is 37.5 Å². The van der Waals surface area contributed by atoms with Crippen molar-refractivity contribution < 1.29 is 9.21 Å². The minimum atomic E-state index is 0. The third kappa shape index (κ3) is 3.06. The molecule has 2 rings (SSSR count). The summed E-state index contributed by atoms with van der Waals surface area (Å²) in [7, 11) is 1.95. The maximum Gasteiger partial charge on any atom is 0.289 e. The van der Waals surface area contributed by atoms with Crippen LogP contribution in [0.1, 0.15) is 28.3 Å². The van der Waals surface area contributed by atoms with Crippen molar-refractivity contribution in [2.75, 3.05) is 26.7 Å². The van der Waals surface area contributed by atoms with Crippen LogP contribution in [0.2, 0.25) is 0 Å². The fourth-order valence-electron chi connectivity index (χ4n) is 2.47. The molecular weight excluding hydrogens is 252 g/mol. The maximum atomic E-state index is 12.2. The molecule has 0 spiro atoms. The lowest BCUT2D eigenvalue weighted by atomic mass is 10.1. The van der Waals surface area contributed by atoms with Gasteiger partial charge in [0.1, 0.15) is 5.76 Å². The second-order valence-electron chi connectivity index (χ2n) is 4.83. The molecule has 4 nitrogen and oxygen atoms in total. The van der Waals surface area contributed by atoms with Crippen LogP contribution in [0.3, 0.4) is 0 Å². The number of hydrogen-bond acceptors (Lipinski definition) is 3. The smallest absolute Gasteiger partial charge is 0.289 e. The molecule has 1 N–H and O–H groups in total. The van der Waals surface area contributed by atoms with Crippen LogP contribution in [0.4, 0.5) is 0 Å². The number of nitrogens with zero attached hydrogens (tertiary/aromatic N) is 1. The molecule has 5 heteroatoms. The Bertz CT molecular complexity index is 417. The first kappa shape index (κ1) is 15.1. The van der Waals surface area contributed by atoms with E-state index in [2.05, 4.69) is 5.32 Å². The first-order valence-electron chi connectivity index (χ1n) is 6.12. The quantitative estimate of drug-likeness (QED) is 0.915. The normalized spacial score (nSPS) is 18.8. The first-order chi connectivity index (χ1) is 8.11. The van der Waals surface area contributed by atoms with E-state index < -0.39 is 0 Å². The SMILES string of the molecule is CNCC1CCN(C(=O)c2oc(C)cc2C)C1.Cl. The van der Waals surface area contributed by atoms with Crippen LogP contribution in [0.15, 0.2) is 10.5 Å². The highest BCUT2D eigenvalue weighted by Crippen LogP contribution is 2.21. The molecule has 1 aromatic rings. The highest BCUT2D eigenvalue weighted by Gasteiger charge is 2.28. The summed E-state index contributed by atoms with van der Waals surface area (Å²) in [6.45, 7) is 6.44. The number of likely N-dealkylation sites (tertiary alicyclic amines) is 1. The lowest BCUT2D eigenvalue weighted by Crippen LogP contribution is -2.30. The van der Waals surface area contributed by atoms with Gasteiger partial charge in [-0.1, -0.05) is 0 Å². The summed E-state index contributed by atoms with van der Waals surface area (Å²) in [5, 5.41) is 3.16. The Morgan fingerprint density at radius 1 is 1.56 bits per heavy atom. The summed E-state index contributed by atoms with van der Waals surface area (Å²) in [4.78, 5) is 14.1. The van der Waals surface area contributed by atoms with Crippen LogP contribution in [0.25, 0.3) is 0 Å². The number of aryl methyl sites for hydroxylation is 2. The number of hydrogen-bond donors (Lipinski definition) is 1. The lowest BCUT2D eigenvalue weighted by molar-refractivity contribution is 0.0753. The summed E-state index contributed by atoms with van der Waals surface area (Å²) in [5.41, 5.74) is 0.935. The molecule has 102 valence electrons. The molecular formula is C13H21ClN2O2. The molecule has 1 amide bonds. The van der Waals surface area contributed by atoms with E-state index in [-0.39, 0.29) is 18.3 Å². The largest absolute Gasteiger partial charge is 0.456 e. The zero-order valence-electron chi connectivity index (χ0n) is 11.2. The van der Waals surface area contributed by atoms with E-state index in [1.807, 2.05) is 31.9 Å². The monoisotopic (exact) mass is 272 g/mol. The number of nitrogens with one attached hydrogen (secondary N) is 1. The Morgan fingerprint density at radius 3 is 2.83 bits per heavy atom. The van der Waals surface area contributed by atoms with Crippen LogP contribution < -0.4 is 5.32 Å². The highest BCUT2D eigenvalue weighted by atomic mass is 35.5. The standard InChI is InChI=1S/C13H20N2O2.ClH/c1-9-6-10(2)17-12(9)13(16)15-5-4-11(8-15)7-14-3;/h6,11,14H,4-5,7-8H2,1-3H3;1H. The van der Waals surface area contributed by atoms with Crippen LogP contribution in [0, 0.1) is 19.8 Å². The van der Waals surface area contributed by atoms with Crippen LogP contribution in [0.5, 0.6) is 0 Å². The second-order valence-corrected chi connectivity index (χ2v) is 4.83. The molecule has 1 fully saturated rings. The Labute approximate surface area is 114 Å². The summed E-state index contributed by atoms with van der Waals surface area (Å²) in [6, 6.07) is 1.91. The molecule has 1 aromatic heterocycles. The number of carbonyl (C=O) groups excluding carboxylic acids is 1. The number of halogens is 1. The van der Waals surface area contributed by atoms with Crippen molar-refractivity contribution in [1.29, 1.82) is 0 Å². The molecule has 18 heavy (non-hydrogen) atoms. The Balaban J connectivity index is 0.00000162. The van der Waals surface area contributed by atoms with Gasteiger partial charge in [-0.3, -0.25) is 4.79 Å². The molecule has 0 saturated carbocycles. The van der Waals surface area contributed by atoms with Crippen molar-refractivity contribution in [2.24, 2.45) is 5.92 Å². The molecule has 0 aliphatic carbocycles. The predicted molar refractivity (Wildman–Crippen MR) is 73.4 cm³/mol. The highest BCUT2D eigenvalue weighted by molar-refractivity contribution is 5.93. The third-order valence-electron chi connectivity index (χ3n) is 3.30. The van der Waals surface area contributed by atoms with Gasteiger partial charge in [-0.25, -0.2) is 0 Å². The number of rotatable bonds is 3. The van der Waals surface area contributed by atoms with Crippen LogP contribution >= 0.6 is 12.4 Å². The minimum absolute atomic E-state index is 0. The summed E-state index contributed by atoms with van der Waals surface area (Å²) in [5.74, 6) is 1.92. The van der Waals surface area contributed by atoms with E-state index in [4.69, 9.17) is 4.42 Å². The van der Waals surface area contributed by atoms with E-state index in [0.717, 1.165) is 37.4 Å². The molecule has 1 atom stereocenters. The van der Waals surface area contributed by atoms with Crippen molar-refractivity contribution >= 4 is 18.3 Å². The molecule has 1 aliphatic heterocycles. The number of carbonyl (C=O) groups is 1. The van der Waals surface area contributed by atoms with E-state index >= 15 is 0 Å². The van der Waals surface area contributed by atoms with Gasteiger partial charge >= 0.3 is 0 Å². The fourth-order valence-corrected chi connectivity index (χ4v) is 2.47. The first-order valence-corrected chi connectivity index (χ1v) is 6.12. The maximum absolute atomic E-state index is 12.2. The van der Waals surface area contributed by atoms with E-state index in [0.29, 0.717) is 11.7 Å². The molecule has 1 unspecified atom stereocenters. The average molecular weight is 273 g/mol. The van der Waals surface area contributed by atoms with Gasteiger partial charge in [0.25, 0.3) is 5.91 Å². The van der Waals surface area contributed by atoms with Gasteiger partial charge in [0.05, 0.1) is 0 Å². The average Bonchev–Trinajstić information content (AvgIpc) is 2.85. The summed E-state index contributed by atoms with van der Waals surface area (Å²) < 4.78 is 5.48. The molecule has 2 heterocycles. The summed E-state index contributed by atoms with van der Waals surface area (Å²) in [6.07, 6.45) is 1.07. The van der Waals surface area contributed by atoms with Crippen molar-refractivity contribution in [3.8, 4) is 0 Å². The molecule has 1 aliphatic rings. The van der Waals surface area contributed by atoms with Gasteiger partial charge in [-0.15, -0.1) is 12.4 Å². The third-order valence-corrected chi connectivity index (χ3v) is 3.30. The topological polar surface area (TPSA) is 45.5 Å². The fraction of sp³-hybridized carbons (Fsp3) is 0.615. The Hall–Kier alpha value is -1.00. The number of amides is 1. The molecule has 0 radical (unpaired) electrons. The molecule has 0 bridgehead atoms. The van der Waals surface area contributed by atoms with E-state index in [9.17, 15) is 4.79 Å². The van der Waals surface area contributed by atoms with Gasteiger partial charge in [0, 0.05) is 18.7 Å². The molecule has 1 saturated heterocycles. The van der Waals surface area contributed by atoms with Crippen molar-refractivity contribution in [3.63, 3.8) is 0 Å². The van der Waals surface area contributed by atoms with Gasteiger partial charge in [-0.05, 0) is 45.8 Å². The zero-order chi connectivity index (χ0) is 12.4. The van der Waals surface area contributed by atoms with E-state index in [1.165, 1.54) is 0 Å². The predicted octanol–water partition coefficient (Wildman–Crippen LogP) is 2.00. The second kappa shape index (κ2) is 6.25. The van der Waals surface area contributed by atoms with Gasteiger partial charge < -0.3 is 14.6 Å². The molecule has 0 aromatic carbocycles. The zero-order valence-corrected chi connectivity index (χ0v) is 12.0. The van der Waals surface area contributed by atoms with Crippen molar-refractivity contribution in [2.45, 2.75) is 20.3 Å². The Morgan fingerprint density at radius 2 is 2.28 bits per heavy atom. The Kier molecular flexibility index (Phi) is 5.23. The van der Waals surface area contributed by atoms with Gasteiger partial charge in [-0.2, -0.15) is 0 Å².